The van der Waals surface area contributed by atoms with Gasteiger partial charge in [-0.05, 0) is 48.7 Å². The number of aromatic nitrogens is 2. The highest BCUT2D eigenvalue weighted by molar-refractivity contribution is 5.83. The third-order valence-corrected chi connectivity index (χ3v) is 4.51. The van der Waals surface area contributed by atoms with E-state index in [9.17, 15) is 4.39 Å². The molecule has 5 nitrogen and oxygen atoms in total. The van der Waals surface area contributed by atoms with Gasteiger partial charge in [0.05, 0.1) is 23.8 Å². The molecular formula is C23H22FN5. The SMILES string of the molecule is C=C(Nc1cncc(F)c1)c1cnc(C)c(C(=C)c2ccc(N=NC)c(C)c2)c1. The van der Waals surface area contributed by atoms with Gasteiger partial charge in [-0.3, -0.25) is 9.97 Å². The van der Waals surface area contributed by atoms with Crippen LogP contribution in [0.25, 0.3) is 11.3 Å². The number of benzene rings is 1. The molecule has 2 aromatic heterocycles. The van der Waals surface area contributed by atoms with E-state index in [2.05, 4.69) is 38.7 Å². The van der Waals surface area contributed by atoms with Crippen molar-refractivity contribution >= 4 is 22.6 Å². The zero-order valence-electron chi connectivity index (χ0n) is 16.7. The predicted molar refractivity (Wildman–Crippen MR) is 116 cm³/mol. The first kappa shape index (κ1) is 20.1. The van der Waals surface area contributed by atoms with Crippen molar-refractivity contribution in [2.75, 3.05) is 12.4 Å². The number of aryl methyl sites for hydroxylation is 2. The molecule has 2 heterocycles. The molecule has 0 saturated carbocycles. The Hall–Kier alpha value is -3.67. The van der Waals surface area contributed by atoms with E-state index in [0.717, 1.165) is 45.4 Å². The zero-order valence-corrected chi connectivity index (χ0v) is 16.7. The van der Waals surface area contributed by atoms with E-state index in [-0.39, 0.29) is 0 Å². The molecule has 146 valence electrons. The van der Waals surface area contributed by atoms with Crippen molar-refractivity contribution < 1.29 is 4.39 Å². The number of nitrogens with zero attached hydrogens (tertiary/aromatic N) is 4. The van der Waals surface area contributed by atoms with E-state index >= 15 is 0 Å². The highest BCUT2D eigenvalue weighted by atomic mass is 19.1. The molecule has 29 heavy (non-hydrogen) atoms. The lowest BCUT2D eigenvalue weighted by Crippen LogP contribution is -2.02. The van der Waals surface area contributed by atoms with Gasteiger partial charge in [-0.1, -0.05) is 19.2 Å². The first-order chi connectivity index (χ1) is 13.9. The van der Waals surface area contributed by atoms with E-state index in [4.69, 9.17) is 0 Å². The average molecular weight is 387 g/mol. The topological polar surface area (TPSA) is 62.5 Å². The average Bonchev–Trinajstić information content (AvgIpc) is 2.69. The smallest absolute Gasteiger partial charge is 0.143 e. The number of azo groups is 1. The van der Waals surface area contributed by atoms with Gasteiger partial charge < -0.3 is 5.32 Å². The molecule has 0 aliphatic rings. The third-order valence-electron chi connectivity index (χ3n) is 4.51. The summed E-state index contributed by atoms with van der Waals surface area (Å²) in [6, 6.07) is 9.26. The van der Waals surface area contributed by atoms with Gasteiger partial charge in [-0.2, -0.15) is 10.2 Å². The van der Waals surface area contributed by atoms with Gasteiger partial charge in [-0.15, -0.1) is 0 Å². The molecule has 0 radical (unpaired) electrons. The van der Waals surface area contributed by atoms with Gasteiger partial charge in [0.25, 0.3) is 0 Å². The Kier molecular flexibility index (Phi) is 5.93. The second-order valence-electron chi connectivity index (χ2n) is 6.63. The summed E-state index contributed by atoms with van der Waals surface area (Å²) in [6.45, 7) is 12.2. The van der Waals surface area contributed by atoms with Crippen LogP contribution in [0.1, 0.15) is 27.9 Å². The molecule has 3 rings (SSSR count). The standard InChI is InChI=1S/C23H22FN5/c1-14-8-18(6-7-23(14)29-25-5)15(2)22-9-19(11-27-17(22)4)16(3)28-21-10-20(24)12-26-13-21/h6-13,28H,2-3H2,1,4-5H3. The second kappa shape index (κ2) is 8.56. The molecule has 0 unspecified atom stereocenters. The van der Waals surface area contributed by atoms with E-state index in [1.807, 2.05) is 38.1 Å². The van der Waals surface area contributed by atoms with Gasteiger partial charge in [0.1, 0.15) is 5.82 Å². The summed E-state index contributed by atoms with van der Waals surface area (Å²) in [5.74, 6) is -0.416. The fourth-order valence-corrected chi connectivity index (χ4v) is 2.95. The fourth-order valence-electron chi connectivity index (χ4n) is 2.95. The van der Waals surface area contributed by atoms with E-state index < -0.39 is 5.82 Å². The number of hydrogen-bond donors (Lipinski definition) is 1. The van der Waals surface area contributed by atoms with Crippen molar-refractivity contribution in [1.82, 2.24) is 9.97 Å². The van der Waals surface area contributed by atoms with E-state index in [1.54, 1.807) is 13.2 Å². The molecule has 0 bridgehead atoms. The maximum absolute atomic E-state index is 13.4. The molecule has 0 saturated heterocycles. The van der Waals surface area contributed by atoms with Crippen molar-refractivity contribution in [1.29, 1.82) is 0 Å². The Morgan fingerprint density at radius 1 is 1.03 bits per heavy atom. The lowest BCUT2D eigenvalue weighted by molar-refractivity contribution is 0.622. The van der Waals surface area contributed by atoms with Crippen LogP contribution in [0.4, 0.5) is 15.8 Å². The van der Waals surface area contributed by atoms with Crippen molar-refractivity contribution in [3.63, 3.8) is 0 Å². The highest BCUT2D eigenvalue weighted by Crippen LogP contribution is 2.30. The first-order valence-electron chi connectivity index (χ1n) is 9.02. The van der Waals surface area contributed by atoms with Crippen LogP contribution >= 0.6 is 0 Å². The number of anilines is 1. The van der Waals surface area contributed by atoms with Crippen LogP contribution in [0.15, 0.2) is 72.3 Å². The predicted octanol–water partition coefficient (Wildman–Crippen LogP) is 6.09. The normalized spacial score (nSPS) is 10.9. The van der Waals surface area contributed by atoms with E-state index in [1.165, 1.54) is 12.3 Å². The fraction of sp³-hybridized carbons (Fsp3) is 0.130. The molecule has 1 aromatic carbocycles. The van der Waals surface area contributed by atoms with Crippen LogP contribution in [-0.4, -0.2) is 17.0 Å². The van der Waals surface area contributed by atoms with Gasteiger partial charge >= 0.3 is 0 Å². The Morgan fingerprint density at radius 3 is 2.52 bits per heavy atom. The Morgan fingerprint density at radius 2 is 1.83 bits per heavy atom. The van der Waals surface area contributed by atoms with Crippen LogP contribution in [0.2, 0.25) is 0 Å². The Labute approximate surface area is 169 Å². The first-order valence-corrected chi connectivity index (χ1v) is 9.02. The van der Waals surface area contributed by atoms with Crippen molar-refractivity contribution in [3.8, 4) is 0 Å². The number of pyridine rings is 2. The summed E-state index contributed by atoms with van der Waals surface area (Å²) in [5, 5.41) is 11.0. The lowest BCUT2D eigenvalue weighted by Gasteiger charge is -2.14. The van der Waals surface area contributed by atoms with Gasteiger partial charge in [0.2, 0.25) is 0 Å². The largest absolute Gasteiger partial charge is 0.354 e. The Balaban J connectivity index is 1.89. The summed E-state index contributed by atoms with van der Waals surface area (Å²) in [7, 11) is 1.65. The molecule has 0 amide bonds. The molecular weight excluding hydrogens is 365 g/mol. The summed E-state index contributed by atoms with van der Waals surface area (Å²) < 4.78 is 13.4. The number of rotatable bonds is 6. The third kappa shape index (κ3) is 4.60. The highest BCUT2D eigenvalue weighted by Gasteiger charge is 2.11. The molecule has 1 N–H and O–H groups in total. The summed E-state index contributed by atoms with van der Waals surface area (Å²) in [4.78, 5) is 8.33. The monoisotopic (exact) mass is 387 g/mol. The summed E-state index contributed by atoms with van der Waals surface area (Å²) >= 11 is 0. The molecule has 0 spiro atoms. The quantitative estimate of drug-likeness (QED) is 0.521. The zero-order chi connectivity index (χ0) is 21.0. The minimum absolute atomic E-state index is 0.416. The molecule has 0 aliphatic heterocycles. The Bertz CT molecular complexity index is 1120. The summed E-state index contributed by atoms with van der Waals surface area (Å²) in [6.07, 6.45) is 4.41. The molecule has 0 atom stereocenters. The number of hydrogen-bond acceptors (Lipinski definition) is 5. The molecule has 0 fully saturated rings. The van der Waals surface area contributed by atoms with Crippen molar-refractivity contribution in [2.24, 2.45) is 10.2 Å². The maximum atomic E-state index is 13.4. The summed E-state index contributed by atoms with van der Waals surface area (Å²) in [5.41, 5.74) is 7.33. The van der Waals surface area contributed by atoms with Crippen LogP contribution in [0.5, 0.6) is 0 Å². The van der Waals surface area contributed by atoms with Crippen LogP contribution in [0, 0.1) is 19.7 Å². The molecule has 3 aromatic rings. The van der Waals surface area contributed by atoms with Gasteiger partial charge in [0.15, 0.2) is 0 Å². The number of nitrogens with one attached hydrogen (secondary N) is 1. The van der Waals surface area contributed by atoms with Crippen LogP contribution in [0.3, 0.4) is 0 Å². The minimum atomic E-state index is -0.416. The second-order valence-corrected chi connectivity index (χ2v) is 6.63. The lowest BCUT2D eigenvalue weighted by atomic mass is 9.95. The number of halogens is 1. The van der Waals surface area contributed by atoms with Crippen LogP contribution in [-0.2, 0) is 0 Å². The minimum Gasteiger partial charge on any atom is -0.354 e. The van der Waals surface area contributed by atoms with E-state index in [0.29, 0.717) is 11.4 Å². The molecule has 6 heteroatoms. The van der Waals surface area contributed by atoms with Crippen molar-refractivity contribution in [2.45, 2.75) is 13.8 Å². The van der Waals surface area contributed by atoms with Crippen LogP contribution < -0.4 is 5.32 Å². The van der Waals surface area contributed by atoms with Gasteiger partial charge in [0, 0.05) is 41.8 Å². The molecule has 0 aliphatic carbocycles. The maximum Gasteiger partial charge on any atom is 0.143 e. The van der Waals surface area contributed by atoms with Crippen molar-refractivity contribution in [3.05, 3.63) is 95.8 Å². The van der Waals surface area contributed by atoms with Gasteiger partial charge in [-0.25, -0.2) is 4.39 Å².